The highest BCUT2D eigenvalue weighted by Gasteiger charge is 2.09. The average Bonchev–Trinajstić information content (AvgIpc) is 3.07. The van der Waals surface area contributed by atoms with Crippen molar-refractivity contribution in [1.82, 2.24) is 19.7 Å². The van der Waals surface area contributed by atoms with Gasteiger partial charge in [-0.2, -0.15) is 0 Å². The maximum atomic E-state index is 11.9. The van der Waals surface area contributed by atoms with Crippen LogP contribution in [-0.4, -0.2) is 32.6 Å². The van der Waals surface area contributed by atoms with Crippen LogP contribution in [0.25, 0.3) is 5.52 Å². The van der Waals surface area contributed by atoms with E-state index in [1.807, 2.05) is 35.0 Å². The number of carbonyl (C=O) groups is 2. The van der Waals surface area contributed by atoms with E-state index in [0.29, 0.717) is 12.1 Å². The summed E-state index contributed by atoms with van der Waals surface area (Å²) in [6, 6.07) is 9.39. The lowest BCUT2D eigenvalue weighted by Crippen LogP contribution is -2.25. The van der Waals surface area contributed by atoms with Crippen LogP contribution in [0.2, 0.25) is 0 Å². The predicted octanol–water partition coefficient (Wildman–Crippen LogP) is 2.44. The van der Waals surface area contributed by atoms with E-state index in [4.69, 9.17) is 0 Å². The molecule has 0 aliphatic rings. The number of aromatic nitrogens is 3. The second-order valence-electron chi connectivity index (χ2n) is 5.79. The lowest BCUT2D eigenvalue weighted by Gasteiger charge is -2.05. The Kier molecular flexibility index (Phi) is 5.51. The second-order valence-corrected chi connectivity index (χ2v) is 5.79. The predicted molar refractivity (Wildman–Crippen MR) is 94.3 cm³/mol. The molecule has 128 valence electrons. The van der Waals surface area contributed by atoms with Gasteiger partial charge in [-0.25, -0.2) is 4.98 Å². The van der Waals surface area contributed by atoms with E-state index in [0.717, 1.165) is 24.2 Å². The molecule has 25 heavy (non-hydrogen) atoms. The van der Waals surface area contributed by atoms with Gasteiger partial charge in [0.15, 0.2) is 5.78 Å². The number of rotatable bonds is 8. The molecule has 0 aromatic carbocycles. The van der Waals surface area contributed by atoms with Gasteiger partial charge in [0.2, 0.25) is 5.91 Å². The van der Waals surface area contributed by atoms with Crippen LogP contribution in [0.3, 0.4) is 0 Å². The number of amides is 1. The Morgan fingerprint density at radius 2 is 2.00 bits per heavy atom. The molecule has 3 heterocycles. The van der Waals surface area contributed by atoms with Crippen molar-refractivity contribution in [2.75, 3.05) is 6.54 Å². The van der Waals surface area contributed by atoms with Gasteiger partial charge in [0.25, 0.3) is 0 Å². The number of hydrogen-bond acceptors (Lipinski definition) is 4. The van der Waals surface area contributed by atoms with E-state index in [1.165, 1.54) is 6.20 Å². The van der Waals surface area contributed by atoms with E-state index in [1.54, 1.807) is 18.3 Å². The van der Waals surface area contributed by atoms with Gasteiger partial charge in [0.05, 0.1) is 11.7 Å². The summed E-state index contributed by atoms with van der Waals surface area (Å²) in [4.78, 5) is 32.1. The van der Waals surface area contributed by atoms with Crippen LogP contribution in [0.5, 0.6) is 0 Å². The topological polar surface area (TPSA) is 76.4 Å². The van der Waals surface area contributed by atoms with Gasteiger partial charge in [-0.05, 0) is 30.7 Å². The summed E-state index contributed by atoms with van der Waals surface area (Å²) in [5.74, 6) is 0.814. The number of fused-ring (bicyclic) bond motifs is 1. The summed E-state index contributed by atoms with van der Waals surface area (Å²) in [5, 5.41) is 2.86. The number of hydrogen-bond donors (Lipinski definition) is 1. The molecule has 3 aromatic heterocycles. The highest BCUT2D eigenvalue weighted by molar-refractivity contribution is 5.97. The highest BCUT2D eigenvalue weighted by atomic mass is 16.2. The van der Waals surface area contributed by atoms with Crippen LogP contribution in [0, 0.1) is 0 Å². The summed E-state index contributed by atoms with van der Waals surface area (Å²) < 4.78 is 2.05. The summed E-state index contributed by atoms with van der Waals surface area (Å²) >= 11 is 0. The number of pyridine rings is 2. The van der Waals surface area contributed by atoms with E-state index < -0.39 is 0 Å². The first kappa shape index (κ1) is 16.8. The fourth-order valence-corrected chi connectivity index (χ4v) is 2.65. The van der Waals surface area contributed by atoms with Gasteiger partial charge < -0.3 is 9.72 Å². The number of nitrogens with one attached hydrogen (secondary N) is 1. The molecule has 0 spiro atoms. The summed E-state index contributed by atoms with van der Waals surface area (Å²) in [5.41, 5.74) is 1.61. The zero-order valence-electron chi connectivity index (χ0n) is 13.9. The molecule has 1 N–H and O–H groups in total. The number of nitrogens with zero attached hydrogens (tertiary/aromatic N) is 3. The Morgan fingerprint density at radius 1 is 1.08 bits per heavy atom. The Morgan fingerprint density at radius 3 is 2.84 bits per heavy atom. The number of ketones is 1. The smallest absolute Gasteiger partial charge is 0.220 e. The van der Waals surface area contributed by atoms with E-state index in [-0.39, 0.29) is 24.5 Å². The van der Waals surface area contributed by atoms with Crippen LogP contribution in [-0.2, 0) is 11.2 Å². The zero-order valence-corrected chi connectivity index (χ0v) is 13.9. The number of imidazole rings is 1. The molecule has 0 radical (unpaired) electrons. The normalized spacial score (nSPS) is 10.7. The van der Waals surface area contributed by atoms with Crippen LogP contribution < -0.4 is 5.32 Å². The first-order valence-corrected chi connectivity index (χ1v) is 8.35. The maximum absolute atomic E-state index is 11.9. The standard InChI is InChI=1S/C19H20N4O2/c24-17(15-5-3-10-20-13-15)8-9-19(25)21-11-4-7-18-22-14-16-6-1-2-12-23(16)18/h1-3,5-6,10,12-14H,4,7-9,11H2,(H,21,25). The van der Waals surface area contributed by atoms with E-state index >= 15 is 0 Å². The highest BCUT2D eigenvalue weighted by Crippen LogP contribution is 2.08. The third-order valence-electron chi connectivity index (χ3n) is 3.98. The molecule has 0 fully saturated rings. The van der Waals surface area contributed by atoms with Crippen LogP contribution in [0.15, 0.2) is 55.1 Å². The minimum atomic E-state index is -0.106. The molecule has 0 saturated carbocycles. The Bertz CT molecular complexity index is 858. The molecule has 0 aliphatic heterocycles. The molecule has 1 amide bonds. The third kappa shape index (κ3) is 4.50. The molecular weight excluding hydrogens is 316 g/mol. The summed E-state index contributed by atoms with van der Waals surface area (Å²) in [6.07, 6.45) is 8.95. The first-order valence-electron chi connectivity index (χ1n) is 8.35. The molecule has 0 atom stereocenters. The Hall–Kier alpha value is -3.02. The van der Waals surface area contributed by atoms with Crippen LogP contribution in [0.4, 0.5) is 0 Å². The van der Waals surface area contributed by atoms with Gasteiger partial charge in [-0.1, -0.05) is 6.07 Å². The zero-order chi connectivity index (χ0) is 17.5. The fourth-order valence-electron chi connectivity index (χ4n) is 2.65. The van der Waals surface area contributed by atoms with Gasteiger partial charge in [0, 0.05) is 50.0 Å². The molecule has 0 saturated heterocycles. The lowest BCUT2D eigenvalue weighted by atomic mass is 10.1. The van der Waals surface area contributed by atoms with Crippen LogP contribution >= 0.6 is 0 Å². The van der Waals surface area contributed by atoms with Crippen LogP contribution in [0.1, 0.15) is 35.4 Å². The molecular formula is C19H20N4O2. The number of aryl methyl sites for hydroxylation is 1. The molecule has 0 aliphatic carbocycles. The maximum Gasteiger partial charge on any atom is 0.220 e. The second kappa shape index (κ2) is 8.19. The van der Waals surface area contributed by atoms with E-state index in [9.17, 15) is 9.59 Å². The van der Waals surface area contributed by atoms with Crippen molar-refractivity contribution >= 4 is 17.2 Å². The molecule has 6 nitrogen and oxygen atoms in total. The molecule has 0 unspecified atom stereocenters. The van der Waals surface area contributed by atoms with Crippen molar-refractivity contribution in [3.8, 4) is 0 Å². The minimum Gasteiger partial charge on any atom is -0.356 e. The summed E-state index contributed by atoms with van der Waals surface area (Å²) in [6.45, 7) is 0.571. The largest absolute Gasteiger partial charge is 0.356 e. The van der Waals surface area contributed by atoms with E-state index in [2.05, 4.69) is 15.3 Å². The first-order chi connectivity index (χ1) is 12.2. The minimum absolute atomic E-state index is 0.0629. The van der Waals surface area contributed by atoms with Crippen molar-refractivity contribution in [1.29, 1.82) is 0 Å². The van der Waals surface area contributed by atoms with Gasteiger partial charge in [0.1, 0.15) is 5.82 Å². The molecule has 3 aromatic rings. The van der Waals surface area contributed by atoms with Crippen molar-refractivity contribution in [2.45, 2.75) is 25.7 Å². The van der Waals surface area contributed by atoms with Crippen molar-refractivity contribution in [2.24, 2.45) is 0 Å². The Balaban J connectivity index is 1.37. The third-order valence-corrected chi connectivity index (χ3v) is 3.98. The summed E-state index contributed by atoms with van der Waals surface area (Å²) in [7, 11) is 0. The monoisotopic (exact) mass is 336 g/mol. The average molecular weight is 336 g/mol. The molecule has 3 rings (SSSR count). The Labute approximate surface area is 145 Å². The number of carbonyl (C=O) groups excluding carboxylic acids is 2. The fraction of sp³-hybridized carbons (Fsp3) is 0.263. The van der Waals surface area contributed by atoms with Crippen molar-refractivity contribution in [3.63, 3.8) is 0 Å². The quantitative estimate of drug-likeness (QED) is 0.506. The van der Waals surface area contributed by atoms with Crippen molar-refractivity contribution in [3.05, 3.63) is 66.5 Å². The SMILES string of the molecule is O=C(CCC(=O)c1cccnc1)NCCCc1ncc2ccccn12. The van der Waals surface area contributed by atoms with Gasteiger partial charge in [-0.15, -0.1) is 0 Å². The lowest BCUT2D eigenvalue weighted by molar-refractivity contribution is -0.121. The van der Waals surface area contributed by atoms with Gasteiger partial charge >= 0.3 is 0 Å². The molecule has 0 bridgehead atoms. The number of Topliss-reactive ketones (excluding diaryl/α,β-unsaturated/α-hetero) is 1. The van der Waals surface area contributed by atoms with Gasteiger partial charge in [-0.3, -0.25) is 14.6 Å². The van der Waals surface area contributed by atoms with Crippen molar-refractivity contribution < 1.29 is 9.59 Å². The molecule has 6 heteroatoms.